The SMILES string of the molecule is COc1ccc(Cc2nc(C=CC(=O)O)nc3ccc(Cl)c(N)c23)cc1Cl. The maximum atomic E-state index is 10.8. The molecule has 3 rings (SSSR count). The Morgan fingerprint density at radius 3 is 2.67 bits per heavy atom. The number of aliphatic carboxylic acids is 1. The van der Waals surface area contributed by atoms with E-state index >= 15 is 0 Å². The molecule has 1 heterocycles. The summed E-state index contributed by atoms with van der Waals surface area (Å²) in [6, 6.07) is 8.78. The van der Waals surface area contributed by atoms with Gasteiger partial charge in [-0.15, -0.1) is 0 Å². The van der Waals surface area contributed by atoms with Crippen molar-refractivity contribution in [2.45, 2.75) is 6.42 Å². The summed E-state index contributed by atoms with van der Waals surface area (Å²) in [6.45, 7) is 0. The summed E-state index contributed by atoms with van der Waals surface area (Å²) < 4.78 is 5.17. The number of halogens is 2. The molecule has 138 valence electrons. The van der Waals surface area contributed by atoms with Crippen LogP contribution in [0.4, 0.5) is 5.69 Å². The molecule has 0 saturated heterocycles. The van der Waals surface area contributed by atoms with Crippen LogP contribution in [-0.2, 0) is 11.2 Å². The minimum Gasteiger partial charge on any atom is -0.495 e. The number of nitrogens with zero attached hydrogens (tertiary/aromatic N) is 2. The average molecular weight is 404 g/mol. The number of nitrogens with two attached hydrogens (primary N) is 1. The number of benzene rings is 2. The number of nitrogen functional groups attached to an aromatic ring is 1. The molecule has 0 atom stereocenters. The van der Waals surface area contributed by atoms with E-state index in [0.29, 0.717) is 44.5 Å². The molecule has 0 bridgehead atoms. The highest BCUT2D eigenvalue weighted by atomic mass is 35.5. The molecule has 0 unspecified atom stereocenters. The van der Waals surface area contributed by atoms with E-state index < -0.39 is 5.97 Å². The Bertz CT molecular complexity index is 1070. The smallest absolute Gasteiger partial charge is 0.328 e. The lowest BCUT2D eigenvalue weighted by Crippen LogP contribution is -2.03. The van der Waals surface area contributed by atoms with Gasteiger partial charge in [0.2, 0.25) is 0 Å². The minimum absolute atomic E-state index is 0.265. The summed E-state index contributed by atoms with van der Waals surface area (Å²) in [4.78, 5) is 19.6. The molecule has 0 aliphatic rings. The maximum absolute atomic E-state index is 10.8. The van der Waals surface area contributed by atoms with E-state index in [0.717, 1.165) is 11.6 Å². The summed E-state index contributed by atoms with van der Waals surface area (Å²) in [5, 5.41) is 10.3. The number of methoxy groups -OCH3 is 1. The summed E-state index contributed by atoms with van der Waals surface area (Å²) in [7, 11) is 1.54. The highest BCUT2D eigenvalue weighted by Gasteiger charge is 2.14. The first-order chi connectivity index (χ1) is 12.9. The zero-order valence-corrected chi connectivity index (χ0v) is 15.8. The van der Waals surface area contributed by atoms with Crippen LogP contribution in [0.5, 0.6) is 5.75 Å². The summed E-state index contributed by atoms with van der Waals surface area (Å²) >= 11 is 12.4. The molecule has 0 aliphatic heterocycles. The number of carboxylic acid groups (broad SMARTS) is 1. The molecule has 0 aliphatic carbocycles. The predicted octanol–water partition coefficient (Wildman–Crippen LogP) is 4.22. The molecule has 1 aromatic heterocycles. The van der Waals surface area contributed by atoms with Gasteiger partial charge in [-0.3, -0.25) is 0 Å². The van der Waals surface area contributed by atoms with Gasteiger partial charge in [-0.05, 0) is 35.9 Å². The number of anilines is 1. The fraction of sp³-hybridized carbons (Fsp3) is 0.105. The second-order valence-electron chi connectivity index (χ2n) is 5.70. The van der Waals surface area contributed by atoms with Crippen molar-refractivity contribution in [3.8, 4) is 5.75 Å². The third kappa shape index (κ3) is 4.13. The Balaban J connectivity index is 2.14. The first-order valence-corrected chi connectivity index (χ1v) is 8.62. The van der Waals surface area contributed by atoms with Gasteiger partial charge in [-0.1, -0.05) is 29.3 Å². The number of hydrogen-bond acceptors (Lipinski definition) is 5. The molecular formula is C19H15Cl2N3O3. The number of aromatic nitrogens is 2. The molecule has 27 heavy (non-hydrogen) atoms. The number of rotatable bonds is 5. The number of carbonyl (C=O) groups is 1. The zero-order valence-electron chi connectivity index (χ0n) is 14.2. The Morgan fingerprint density at radius 1 is 1.22 bits per heavy atom. The molecule has 0 spiro atoms. The van der Waals surface area contributed by atoms with Crippen LogP contribution in [0.1, 0.15) is 17.1 Å². The lowest BCUT2D eigenvalue weighted by atomic mass is 10.0. The molecule has 0 amide bonds. The largest absolute Gasteiger partial charge is 0.495 e. The molecular weight excluding hydrogens is 389 g/mol. The summed E-state index contributed by atoms with van der Waals surface area (Å²) in [5.41, 5.74) is 8.60. The van der Waals surface area contributed by atoms with Crippen molar-refractivity contribution in [1.82, 2.24) is 9.97 Å². The molecule has 2 aromatic carbocycles. The number of hydrogen-bond donors (Lipinski definition) is 2. The zero-order chi connectivity index (χ0) is 19.6. The molecule has 8 heteroatoms. The van der Waals surface area contributed by atoms with Gasteiger partial charge in [-0.25, -0.2) is 14.8 Å². The number of ether oxygens (including phenoxy) is 1. The van der Waals surface area contributed by atoms with E-state index in [-0.39, 0.29) is 5.82 Å². The monoisotopic (exact) mass is 403 g/mol. The standard InChI is InChI=1S/C19H15Cl2N3O3/c1-27-15-5-2-10(8-12(15)21)9-14-18-13(4-3-11(20)19(18)22)23-16(24-14)6-7-17(25)26/h2-8H,9,22H2,1H3,(H,25,26). The molecule has 3 aromatic rings. The van der Waals surface area contributed by atoms with Crippen LogP contribution in [0, 0.1) is 0 Å². The van der Waals surface area contributed by atoms with Crippen molar-refractivity contribution in [1.29, 1.82) is 0 Å². The Kier molecular flexibility index (Phi) is 5.48. The molecule has 0 radical (unpaired) electrons. The van der Waals surface area contributed by atoms with Gasteiger partial charge in [0.15, 0.2) is 5.82 Å². The van der Waals surface area contributed by atoms with Crippen LogP contribution in [0.3, 0.4) is 0 Å². The quantitative estimate of drug-likeness (QED) is 0.488. The van der Waals surface area contributed by atoms with Crippen molar-refractivity contribution < 1.29 is 14.6 Å². The Labute approximate surface area is 165 Å². The Morgan fingerprint density at radius 2 is 2.00 bits per heavy atom. The van der Waals surface area contributed by atoms with E-state index in [1.807, 2.05) is 6.07 Å². The third-order valence-electron chi connectivity index (χ3n) is 3.91. The highest BCUT2D eigenvalue weighted by Crippen LogP contribution is 2.32. The third-order valence-corrected chi connectivity index (χ3v) is 4.53. The normalized spacial score (nSPS) is 11.2. The second kappa shape index (κ2) is 7.82. The van der Waals surface area contributed by atoms with Gasteiger partial charge in [0.05, 0.1) is 34.1 Å². The summed E-state index contributed by atoms with van der Waals surface area (Å²) in [5.74, 6) is -0.250. The molecule has 0 fully saturated rings. The fourth-order valence-electron chi connectivity index (χ4n) is 2.68. The Hall–Kier alpha value is -2.83. The van der Waals surface area contributed by atoms with Gasteiger partial charge < -0.3 is 15.6 Å². The number of carboxylic acids is 1. The van der Waals surface area contributed by atoms with Crippen LogP contribution in [-0.4, -0.2) is 28.2 Å². The fourth-order valence-corrected chi connectivity index (χ4v) is 3.12. The molecule has 3 N–H and O–H groups in total. The van der Waals surface area contributed by atoms with Crippen molar-refractivity contribution in [2.75, 3.05) is 12.8 Å². The van der Waals surface area contributed by atoms with Gasteiger partial charge in [0.25, 0.3) is 0 Å². The lowest BCUT2D eigenvalue weighted by Gasteiger charge is -2.11. The second-order valence-corrected chi connectivity index (χ2v) is 6.52. The van der Waals surface area contributed by atoms with Gasteiger partial charge in [0.1, 0.15) is 5.75 Å². The van der Waals surface area contributed by atoms with Crippen molar-refractivity contribution in [3.05, 3.63) is 63.5 Å². The van der Waals surface area contributed by atoms with Gasteiger partial charge >= 0.3 is 5.97 Å². The first-order valence-electron chi connectivity index (χ1n) is 7.87. The van der Waals surface area contributed by atoms with Crippen LogP contribution in [0.25, 0.3) is 17.0 Å². The van der Waals surface area contributed by atoms with Crippen LogP contribution < -0.4 is 10.5 Å². The average Bonchev–Trinajstić information content (AvgIpc) is 2.63. The minimum atomic E-state index is -1.09. The maximum Gasteiger partial charge on any atom is 0.328 e. The topological polar surface area (TPSA) is 98.3 Å². The van der Waals surface area contributed by atoms with E-state index in [4.69, 9.17) is 38.8 Å². The first kappa shape index (κ1) is 18.9. The van der Waals surface area contributed by atoms with E-state index in [9.17, 15) is 4.79 Å². The lowest BCUT2D eigenvalue weighted by molar-refractivity contribution is -0.131. The molecule has 0 saturated carbocycles. The van der Waals surface area contributed by atoms with Crippen molar-refractivity contribution in [3.63, 3.8) is 0 Å². The predicted molar refractivity (Wildman–Crippen MR) is 106 cm³/mol. The van der Waals surface area contributed by atoms with E-state index in [1.54, 1.807) is 31.4 Å². The van der Waals surface area contributed by atoms with Crippen LogP contribution in [0.2, 0.25) is 10.0 Å². The van der Waals surface area contributed by atoms with Crippen LogP contribution >= 0.6 is 23.2 Å². The highest BCUT2D eigenvalue weighted by molar-refractivity contribution is 6.34. The van der Waals surface area contributed by atoms with Crippen molar-refractivity contribution >= 4 is 51.8 Å². The van der Waals surface area contributed by atoms with Gasteiger partial charge in [0, 0.05) is 17.9 Å². The van der Waals surface area contributed by atoms with Crippen LogP contribution in [0.15, 0.2) is 36.4 Å². The summed E-state index contributed by atoms with van der Waals surface area (Å²) in [6.07, 6.45) is 2.72. The molecule has 6 nitrogen and oxygen atoms in total. The van der Waals surface area contributed by atoms with Crippen molar-refractivity contribution in [2.24, 2.45) is 0 Å². The van der Waals surface area contributed by atoms with E-state index in [2.05, 4.69) is 9.97 Å². The van der Waals surface area contributed by atoms with E-state index in [1.165, 1.54) is 6.08 Å². The number of fused-ring (bicyclic) bond motifs is 1. The van der Waals surface area contributed by atoms with Gasteiger partial charge in [-0.2, -0.15) is 0 Å².